The van der Waals surface area contributed by atoms with Crippen molar-refractivity contribution >= 4 is 28.9 Å². The first-order chi connectivity index (χ1) is 12.7. The van der Waals surface area contributed by atoms with E-state index in [0.29, 0.717) is 5.02 Å². The Hall–Kier alpha value is -2.37. The molecule has 2 aromatic heterocycles. The summed E-state index contributed by atoms with van der Waals surface area (Å²) in [6.07, 6.45) is 1.80. The number of likely N-dealkylation sites (N-methyl/N-ethyl adjacent to an activating group) is 1. The zero-order chi connectivity index (χ0) is 18.1. The molecule has 132 valence electrons. The van der Waals surface area contributed by atoms with Crippen molar-refractivity contribution in [2.75, 3.05) is 6.54 Å². The van der Waals surface area contributed by atoms with Crippen LogP contribution >= 0.6 is 23.8 Å². The number of thiocarbonyl (C=S) groups is 1. The van der Waals surface area contributed by atoms with E-state index >= 15 is 0 Å². The zero-order valence-corrected chi connectivity index (χ0v) is 15.8. The van der Waals surface area contributed by atoms with Crippen LogP contribution in [0.2, 0.25) is 5.02 Å². The van der Waals surface area contributed by atoms with Crippen molar-refractivity contribution in [3.63, 3.8) is 0 Å². The minimum Gasteiger partial charge on any atom is -0.459 e. The van der Waals surface area contributed by atoms with E-state index in [0.717, 1.165) is 34.4 Å². The lowest BCUT2D eigenvalue weighted by atomic mass is 10.0. The van der Waals surface area contributed by atoms with Crippen LogP contribution in [0, 0.1) is 0 Å². The third kappa shape index (κ3) is 3.08. The molecule has 1 fully saturated rings. The van der Waals surface area contributed by atoms with Crippen LogP contribution in [0.15, 0.2) is 65.2 Å². The average molecular weight is 384 g/mol. The quantitative estimate of drug-likeness (QED) is 0.643. The fraction of sp³-hybridized carbons (Fsp3) is 0.200. The number of nitrogens with zero attached hydrogens (tertiary/aromatic N) is 2. The maximum absolute atomic E-state index is 6.21. The number of rotatable bonds is 4. The van der Waals surface area contributed by atoms with E-state index in [1.807, 2.05) is 54.6 Å². The van der Waals surface area contributed by atoms with Gasteiger partial charge in [-0.1, -0.05) is 17.7 Å². The van der Waals surface area contributed by atoms with Gasteiger partial charge in [0.1, 0.15) is 17.6 Å². The van der Waals surface area contributed by atoms with Gasteiger partial charge in [0, 0.05) is 23.3 Å². The molecule has 0 spiro atoms. The zero-order valence-electron chi connectivity index (χ0n) is 14.2. The normalized spacial score (nSPS) is 19.6. The number of halogens is 1. The standard InChI is InChI=1S/C20H18ClN3OS/c1-2-24-19(18(23-20(24)26)15-5-3-4-12-22-15)17-11-10-16(25-17)13-6-8-14(21)9-7-13/h3-12,18-19H,2H2,1H3,(H,23,26). The first-order valence-electron chi connectivity index (χ1n) is 8.51. The monoisotopic (exact) mass is 383 g/mol. The molecule has 1 saturated heterocycles. The Balaban J connectivity index is 1.71. The molecule has 6 heteroatoms. The van der Waals surface area contributed by atoms with Crippen molar-refractivity contribution in [3.05, 3.63) is 77.3 Å². The van der Waals surface area contributed by atoms with Gasteiger partial charge in [-0.05, 0) is 67.7 Å². The summed E-state index contributed by atoms with van der Waals surface area (Å²) in [5.41, 5.74) is 1.94. The molecule has 3 aromatic rings. The Bertz CT molecular complexity index is 910. The van der Waals surface area contributed by atoms with Crippen LogP contribution in [0.25, 0.3) is 11.3 Å². The highest BCUT2D eigenvalue weighted by Gasteiger charge is 2.40. The minimum atomic E-state index is -0.0483. The van der Waals surface area contributed by atoms with E-state index in [4.69, 9.17) is 28.2 Å². The SMILES string of the molecule is CCN1C(=S)NC(c2ccccn2)C1c1ccc(-c2ccc(Cl)cc2)o1. The molecule has 26 heavy (non-hydrogen) atoms. The Kier molecular flexibility index (Phi) is 4.66. The molecule has 0 amide bonds. The second-order valence-corrected chi connectivity index (χ2v) is 6.94. The van der Waals surface area contributed by atoms with Crippen LogP contribution in [-0.4, -0.2) is 21.5 Å². The van der Waals surface area contributed by atoms with E-state index in [9.17, 15) is 0 Å². The number of furan rings is 1. The molecule has 1 aliphatic heterocycles. The van der Waals surface area contributed by atoms with Crippen LogP contribution in [0.5, 0.6) is 0 Å². The maximum Gasteiger partial charge on any atom is 0.170 e. The molecule has 2 unspecified atom stereocenters. The predicted octanol–water partition coefficient (Wildman–Crippen LogP) is 4.99. The van der Waals surface area contributed by atoms with Crippen molar-refractivity contribution in [2.24, 2.45) is 0 Å². The first-order valence-corrected chi connectivity index (χ1v) is 9.29. The molecule has 0 aliphatic carbocycles. The number of nitrogens with one attached hydrogen (secondary N) is 1. The van der Waals surface area contributed by atoms with Gasteiger partial charge in [-0.15, -0.1) is 0 Å². The van der Waals surface area contributed by atoms with Crippen LogP contribution in [0.3, 0.4) is 0 Å². The summed E-state index contributed by atoms with van der Waals surface area (Å²) >= 11 is 11.5. The highest BCUT2D eigenvalue weighted by Crippen LogP contribution is 2.40. The largest absolute Gasteiger partial charge is 0.459 e. The minimum absolute atomic E-state index is 0.0385. The van der Waals surface area contributed by atoms with Gasteiger partial charge in [-0.25, -0.2) is 0 Å². The summed E-state index contributed by atoms with van der Waals surface area (Å²) in [6.45, 7) is 2.88. The highest BCUT2D eigenvalue weighted by molar-refractivity contribution is 7.80. The van der Waals surface area contributed by atoms with E-state index in [2.05, 4.69) is 22.1 Å². The Morgan fingerprint density at radius 3 is 2.65 bits per heavy atom. The second-order valence-electron chi connectivity index (χ2n) is 6.12. The molecule has 0 radical (unpaired) electrons. The number of aromatic nitrogens is 1. The first kappa shape index (κ1) is 17.1. The Morgan fingerprint density at radius 1 is 1.15 bits per heavy atom. The van der Waals surface area contributed by atoms with Crippen molar-refractivity contribution in [2.45, 2.75) is 19.0 Å². The van der Waals surface area contributed by atoms with Crippen LogP contribution in [-0.2, 0) is 0 Å². The second kappa shape index (κ2) is 7.09. The number of pyridine rings is 1. The number of hydrogen-bond donors (Lipinski definition) is 1. The molecule has 2 atom stereocenters. The van der Waals surface area contributed by atoms with Crippen molar-refractivity contribution in [1.82, 2.24) is 15.2 Å². The Labute approximate surface area is 162 Å². The van der Waals surface area contributed by atoms with Crippen LogP contribution < -0.4 is 5.32 Å². The molecule has 0 bridgehead atoms. The van der Waals surface area contributed by atoms with E-state index in [1.54, 1.807) is 6.20 Å². The van der Waals surface area contributed by atoms with Gasteiger partial charge in [0.15, 0.2) is 5.11 Å². The summed E-state index contributed by atoms with van der Waals surface area (Å²) in [5, 5.41) is 4.82. The highest BCUT2D eigenvalue weighted by atomic mass is 35.5. The van der Waals surface area contributed by atoms with Crippen LogP contribution in [0.4, 0.5) is 0 Å². The van der Waals surface area contributed by atoms with Gasteiger partial charge in [-0.2, -0.15) is 0 Å². The fourth-order valence-electron chi connectivity index (χ4n) is 3.34. The van der Waals surface area contributed by atoms with Crippen LogP contribution in [0.1, 0.15) is 30.5 Å². The molecule has 1 aromatic carbocycles. The lowest BCUT2D eigenvalue weighted by Crippen LogP contribution is -2.29. The van der Waals surface area contributed by atoms with Gasteiger partial charge in [-0.3, -0.25) is 4.98 Å². The van der Waals surface area contributed by atoms with E-state index < -0.39 is 0 Å². The van der Waals surface area contributed by atoms with Crippen molar-refractivity contribution in [3.8, 4) is 11.3 Å². The molecular weight excluding hydrogens is 366 g/mol. The third-order valence-corrected chi connectivity index (χ3v) is 5.19. The number of benzene rings is 1. The summed E-state index contributed by atoms with van der Waals surface area (Å²) in [4.78, 5) is 6.65. The molecule has 4 rings (SSSR count). The third-order valence-electron chi connectivity index (χ3n) is 4.59. The van der Waals surface area contributed by atoms with Crippen molar-refractivity contribution < 1.29 is 4.42 Å². The average Bonchev–Trinajstić information content (AvgIpc) is 3.27. The van der Waals surface area contributed by atoms with Gasteiger partial charge in [0.2, 0.25) is 0 Å². The lowest BCUT2D eigenvalue weighted by Gasteiger charge is -2.24. The molecule has 1 aliphatic rings. The number of hydrogen-bond acceptors (Lipinski definition) is 3. The van der Waals surface area contributed by atoms with Gasteiger partial charge in [0.25, 0.3) is 0 Å². The van der Waals surface area contributed by atoms with E-state index in [1.165, 1.54) is 0 Å². The summed E-state index contributed by atoms with van der Waals surface area (Å²) in [6, 6.07) is 17.5. The summed E-state index contributed by atoms with van der Waals surface area (Å²) in [5.74, 6) is 1.67. The molecule has 4 nitrogen and oxygen atoms in total. The smallest absolute Gasteiger partial charge is 0.170 e. The topological polar surface area (TPSA) is 41.3 Å². The van der Waals surface area contributed by atoms with Crippen molar-refractivity contribution in [1.29, 1.82) is 0 Å². The lowest BCUT2D eigenvalue weighted by molar-refractivity contribution is 0.284. The predicted molar refractivity (Wildman–Crippen MR) is 107 cm³/mol. The maximum atomic E-state index is 6.21. The van der Waals surface area contributed by atoms with Gasteiger partial charge < -0.3 is 14.6 Å². The summed E-state index contributed by atoms with van der Waals surface area (Å²) < 4.78 is 6.21. The molecular formula is C20H18ClN3OS. The molecule has 0 saturated carbocycles. The van der Waals surface area contributed by atoms with Gasteiger partial charge in [0.05, 0.1) is 11.7 Å². The molecule has 3 heterocycles. The Morgan fingerprint density at radius 2 is 1.96 bits per heavy atom. The summed E-state index contributed by atoms with van der Waals surface area (Å²) in [7, 11) is 0. The molecule has 1 N–H and O–H groups in total. The van der Waals surface area contributed by atoms with Gasteiger partial charge >= 0.3 is 0 Å². The fourth-order valence-corrected chi connectivity index (χ4v) is 3.83. The van der Waals surface area contributed by atoms with E-state index in [-0.39, 0.29) is 12.1 Å².